The zero-order valence-corrected chi connectivity index (χ0v) is 14.5. The summed E-state index contributed by atoms with van der Waals surface area (Å²) in [6.45, 7) is 0. The summed E-state index contributed by atoms with van der Waals surface area (Å²) in [4.78, 5) is 16.8. The van der Waals surface area contributed by atoms with E-state index in [4.69, 9.17) is 4.74 Å². The van der Waals surface area contributed by atoms with Gasteiger partial charge in [0, 0.05) is 5.56 Å². The maximum Gasteiger partial charge on any atom is 0.251 e. The van der Waals surface area contributed by atoms with Crippen LogP contribution < -0.4 is 10.1 Å². The molecule has 3 aromatic rings. The Morgan fingerprint density at radius 1 is 1.23 bits per heavy atom. The largest absolute Gasteiger partial charge is 0.497 e. The highest BCUT2D eigenvalue weighted by atomic mass is 16.5. The molecule has 4 rings (SSSR count). The van der Waals surface area contributed by atoms with Gasteiger partial charge >= 0.3 is 0 Å². The lowest BCUT2D eigenvalue weighted by Crippen LogP contribution is -2.30. The average Bonchev–Trinajstić information content (AvgIpc) is 3.38. The van der Waals surface area contributed by atoms with Crippen LogP contribution in [0, 0.1) is 5.92 Å². The standard InChI is InChI=1S/C20H20N4O2/c1-26-18-9-7-15(8-10-18)19(14-5-6-14)23-20(25)16-3-2-4-17(11-16)24-13-21-12-22-24/h2-4,7-14,19H,5-6H2,1H3,(H,23,25)/t19-/m0/s1. The summed E-state index contributed by atoms with van der Waals surface area (Å²) >= 11 is 0. The fourth-order valence-electron chi connectivity index (χ4n) is 3.07. The molecule has 2 aromatic carbocycles. The molecule has 6 heteroatoms. The van der Waals surface area contributed by atoms with Gasteiger partial charge in [0.25, 0.3) is 5.91 Å². The molecule has 0 aliphatic heterocycles. The monoisotopic (exact) mass is 348 g/mol. The molecular formula is C20H20N4O2. The van der Waals surface area contributed by atoms with Gasteiger partial charge in [-0.3, -0.25) is 4.79 Å². The van der Waals surface area contributed by atoms with Crippen LogP contribution in [0.4, 0.5) is 0 Å². The Labute approximate surface area is 151 Å². The van der Waals surface area contributed by atoms with Gasteiger partial charge in [-0.2, -0.15) is 5.10 Å². The number of rotatable bonds is 6. The molecule has 0 unspecified atom stereocenters. The molecule has 0 radical (unpaired) electrons. The first-order valence-corrected chi connectivity index (χ1v) is 8.64. The fraction of sp³-hybridized carbons (Fsp3) is 0.250. The lowest BCUT2D eigenvalue weighted by molar-refractivity contribution is 0.0931. The number of nitrogens with one attached hydrogen (secondary N) is 1. The number of hydrogen-bond donors (Lipinski definition) is 1. The zero-order valence-electron chi connectivity index (χ0n) is 14.5. The fourth-order valence-corrected chi connectivity index (χ4v) is 3.07. The van der Waals surface area contributed by atoms with Crippen molar-refractivity contribution in [1.29, 1.82) is 0 Å². The quantitative estimate of drug-likeness (QED) is 0.743. The number of amides is 1. The number of aromatic nitrogens is 3. The maximum absolute atomic E-state index is 12.8. The Hall–Kier alpha value is -3.15. The summed E-state index contributed by atoms with van der Waals surface area (Å²) < 4.78 is 6.86. The van der Waals surface area contributed by atoms with Crippen molar-refractivity contribution in [2.75, 3.05) is 7.11 Å². The van der Waals surface area contributed by atoms with Crippen LogP contribution in [0.25, 0.3) is 5.69 Å². The third-order valence-corrected chi connectivity index (χ3v) is 4.65. The molecule has 0 spiro atoms. The number of nitrogens with zero attached hydrogens (tertiary/aromatic N) is 3. The van der Waals surface area contributed by atoms with Crippen LogP contribution in [-0.4, -0.2) is 27.8 Å². The molecule has 1 N–H and O–H groups in total. The summed E-state index contributed by atoms with van der Waals surface area (Å²) in [6, 6.07) is 15.3. The van der Waals surface area contributed by atoms with Crippen LogP contribution in [0.2, 0.25) is 0 Å². The summed E-state index contributed by atoms with van der Waals surface area (Å²) in [5.41, 5.74) is 2.52. The number of carbonyl (C=O) groups is 1. The minimum absolute atomic E-state index is 0.0171. The van der Waals surface area contributed by atoms with Gasteiger partial charge in [0.1, 0.15) is 18.4 Å². The molecule has 132 valence electrons. The highest BCUT2D eigenvalue weighted by Gasteiger charge is 2.33. The van der Waals surface area contributed by atoms with Gasteiger partial charge in [0.05, 0.1) is 18.8 Å². The van der Waals surface area contributed by atoms with Crippen LogP contribution in [0.15, 0.2) is 61.2 Å². The van der Waals surface area contributed by atoms with Crippen LogP contribution in [0.5, 0.6) is 5.75 Å². The topological polar surface area (TPSA) is 69.0 Å². The predicted molar refractivity (Wildman–Crippen MR) is 97.3 cm³/mol. The van der Waals surface area contributed by atoms with Gasteiger partial charge in [0.2, 0.25) is 0 Å². The highest BCUT2D eigenvalue weighted by Crippen LogP contribution is 2.41. The molecule has 1 saturated carbocycles. The molecule has 1 amide bonds. The minimum atomic E-state index is -0.0836. The first kappa shape index (κ1) is 16.3. The molecular weight excluding hydrogens is 328 g/mol. The minimum Gasteiger partial charge on any atom is -0.497 e. The van der Waals surface area contributed by atoms with E-state index in [1.807, 2.05) is 48.5 Å². The van der Waals surface area contributed by atoms with Crippen molar-refractivity contribution in [2.45, 2.75) is 18.9 Å². The van der Waals surface area contributed by atoms with Gasteiger partial charge < -0.3 is 10.1 Å². The Morgan fingerprint density at radius 3 is 2.69 bits per heavy atom. The van der Waals surface area contributed by atoms with Crippen LogP contribution in [-0.2, 0) is 0 Å². The molecule has 1 aliphatic carbocycles. The van der Waals surface area contributed by atoms with Crippen molar-refractivity contribution >= 4 is 5.91 Å². The van der Waals surface area contributed by atoms with E-state index in [-0.39, 0.29) is 11.9 Å². The van der Waals surface area contributed by atoms with E-state index >= 15 is 0 Å². The van der Waals surface area contributed by atoms with Gasteiger partial charge in [-0.25, -0.2) is 9.67 Å². The van der Waals surface area contributed by atoms with E-state index in [2.05, 4.69) is 15.4 Å². The lowest BCUT2D eigenvalue weighted by atomic mass is 10.0. The van der Waals surface area contributed by atoms with Crippen molar-refractivity contribution in [3.05, 3.63) is 72.3 Å². The lowest BCUT2D eigenvalue weighted by Gasteiger charge is -2.19. The molecule has 0 bridgehead atoms. The Balaban J connectivity index is 1.54. The van der Waals surface area contributed by atoms with Crippen LogP contribution in [0.3, 0.4) is 0 Å². The molecule has 1 aromatic heterocycles. The zero-order chi connectivity index (χ0) is 17.9. The van der Waals surface area contributed by atoms with Crippen molar-refractivity contribution in [2.24, 2.45) is 5.92 Å². The van der Waals surface area contributed by atoms with E-state index in [0.29, 0.717) is 11.5 Å². The van der Waals surface area contributed by atoms with E-state index in [0.717, 1.165) is 29.8 Å². The third-order valence-electron chi connectivity index (χ3n) is 4.65. The number of benzene rings is 2. The summed E-state index contributed by atoms with van der Waals surface area (Å²) in [5, 5.41) is 7.31. The van der Waals surface area contributed by atoms with Crippen LogP contribution >= 0.6 is 0 Å². The maximum atomic E-state index is 12.8. The van der Waals surface area contributed by atoms with Crippen molar-refractivity contribution < 1.29 is 9.53 Å². The average molecular weight is 348 g/mol. The van der Waals surface area contributed by atoms with Gasteiger partial charge in [0.15, 0.2) is 0 Å². The number of ether oxygens (including phenoxy) is 1. The number of hydrogen-bond acceptors (Lipinski definition) is 4. The van der Waals surface area contributed by atoms with Gasteiger partial charge in [-0.15, -0.1) is 0 Å². The molecule has 26 heavy (non-hydrogen) atoms. The van der Waals surface area contributed by atoms with E-state index in [1.165, 1.54) is 6.33 Å². The second-order valence-corrected chi connectivity index (χ2v) is 6.45. The van der Waals surface area contributed by atoms with E-state index in [1.54, 1.807) is 18.1 Å². The number of carbonyl (C=O) groups excluding carboxylic acids is 1. The molecule has 1 heterocycles. The third kappa shape index (κ3) is 3.44. The first-order chi connectivity index (χ1) is 12.7. The van der Waals surface area contributed by atoms with Crippen LogP contribution in [0.1, 0.15) is 34.8 Å². The Bertz CT molecular complexity index is 886. The smallest absolute Gasteiger partial charge is 0.251 e. The van der Waals surface area contributed by atoms with Gasteiger partial charge in [-0.05, 0) is 54.7 Å². The second kappa shape index (κ2) is 7.00. The first-order valence-electron chi connectivity index (χ1n) is 8.64. The van der Waals surface area contributed by atoms with E-state index in [9.17, 15) is 4.79 Å². The van der Waals surface area contributed by atoms with Crippen molar-refractivity contribution in [3.63, 3.8) is 0 Å². The van der Waals surface area contributed by atoms with Crippen molar-refractivity contribution in [3.8, 4) is 11.4 Å². The highest BCUT2D eigenvalue weighted by molar-refractivity contribution is 5.95. The molecule has 1 fully saturated rings. The number of methoxy groups -OCH3 is 1. The molecule has 1 atom stereocenters. The van der Waals surface area contributed by atoms with Crippen molar-refractivity contribution in [1.82, 2.24) is 20.1 Å². The summed E-state index contributed by atoms with van der Waals surface area (Å²) in [5.74, 6) is 1.22. The normalized spacial score (nSPS) is 14.7. The molecule has 0 saturated heterocycles. The summed E-state index contributed by atoms with van der Waals surface area (Å²) in [6.07, 6.45) is 5.35. The summed E-state index contributed by atoms with van der Waals surface area (Å²) in [7, 11) is 1.65. The second-order valence-electron chi connectivity index (χ2n) is 6.45. The molecule has 6 nitrogen and oxygen atoms in total. The van der Waals surface area contributed by atoms with Gasteiger partial charge in [-0.1, -0.05) is 18.2 Å². The SMILES string of the molecule is COc1ccc([C@@H](NC(=O)c2cccc(-n3cncn3)c2)C2CC2)cc1. The predicted octanol–water partition coefficient (Wildman–Crippen LogP) is 3.16. The van der Waals surface area contributed by atoms with E-state index < -0.39 is 0 Å². The Morgan fingerprint density at radius 2 is 2.04 bits per heavy atom. The molecule has 1 aliphatic rings. The Kier molecular flexibility index (Phi) is 4.39.